The highest BCUT2D eigenvalue weighted by molar-refractivity contribution is 6.42. The van der Waals surface area contributed by atoms with Gasteiger partial charge in [0.1, 0.15) is 0 Å². The van der Waals surface area contributed by atoms with Gasteiger partial charge in [0, 0.05) is 17.3 Å². The smallest absolute Gasteiger partial charge is 0.238 e. The van der Waals surface area contributed by atoms with E-state index >= 15 is 0 Å². The van der Waals surface area contributed by atoms with Crippen molar-refractivity contribution in [3.05, 3.63) is 58.1 Å². The lowest BCUT2D eigenvalue weighted by Gasteiger charge is -2.30. The summed E-state index contributed by atoms with van der Waals surface area (Å²) in [6, 6.07) is 12.8. The van der Waals surface area contributed by atoms with E-state index in [1.54, 1.807) is 18.2 Å². The molecule has 0 bridgehead atoms. The molecule has 1 aliphatic heterocycles. The van der Waals surface area contributed by atoms with Gasteiger partial charge < -0.3 is 10.6 Å². The summed E-state index contributed by atoms with van der Waals surface area (Å²) in [7, 11) is 0. The van der Waals surface area contributed by atoms with Gasteiger partial charge in [0.05, 0.1) is 16.6 Å². The summed E-state index contributed by atoms with van der Waals surface area (Å²) >= 11 is 11.9. The largest absolute Gasteiger partial charge is 0.326 e. The average molecular weight is 420 g/mol. The predicted molar refractivity (Wildman–Crippen MR) is 114 cm³/mol. The normalized spacial score (nSPS) is 15.2. The van der Waals surface area contributed by atoms with Crippen LogP contribution in [0.1, 0.15) is 18.4 Å². The minimum atomic E-state index is -0.110. The Balaban J connectivity index is 1.44. The molecule has 3 rings (SSSR count). The third-order valence-electron chi connectivity index (χ3n) is 4.85. The average Bonchev–Trinajstić information content (AvgIpc) is 2.67. The molecule has 148 valence electrons. The van der Waals surface area contributed by atoms with E-state index < -0.39 is 0 Å². The minimum absolute atomic E-state index is 0.0318. The lowest BCUT2D eigenvalue weighted by molar-refractivity contribution is -0.121. The number of carbonyl (C=O) groups is 2. The molecule has 0 unspecified atom stereocenters. The number of aryl methyl sites for hydroxylation is 1. The standard InChI is InChI=1S/C21H23Cl2N3O2/c1-14-2-4-16(5-3-14)25-21(28)15-8-10-26(11-9-15)13-20(27)24-17-6-7-18(22)19(23)12-17/h2-7,12,15H,8-11,13H2,1H3,(H,24,27)(H,25,28). The molecule has 0 aromatic heterocycles. The van der Waals surface area contributed by atoms with E-state index in [1.807, 2.05) is 31.2 Å². The van der Waals surface area contributed by atoms with Crippen LogP contribution in [-0.2, 0) is 9.59 Å². The van der Waals surface area contributed by atoms with Crippen LogP contribution in [0.2, 0.25) is 10.0 Å². The first kappa shape index (κ1) is 20.6. The van der Waals surface area contributed by atoms with Crippen molar-refractivity contribution in [2.75, 3.05) is 30.3 Å². The van der Waals surface area contributed by atoms with Crippen molar-refractivity contribution in [1.29, 1.82) is 0 Å². The SMILES string of the molecule is Cc1ccc(NC(=O)C2CCN(CC(=O)Nc3ccc(Cl)c(Cl)c3)CC2)cc1. The molecule has 1 saturated heterocycles. The summed E-state index contributed by atoms with van der Waals surface area (Å²) in [5.41, 5.74) is 2.59. The second-order valence-electron chi connectivity index (χ2n) is 7.08. The van der Waals surface area contributed by atoms with Crippen LogP contribution in [0.5, 0.6) is 0 Å². The topological polar surface area (TPSA) is 61.4 Å². The van der Waals surface area contributed by atoms with Crippen LogP contribution in [-0.4, -0.2) is 36.3 Å². The van der Waals surface area contributed by atoms with Crippen molar-refractivity contribution >= 4 is 46.4 Å². The number of nitrogens with zero attached hydrogens (tertiary/aromatic N) is 1. The Kier molecular flexibility index (Phi) is 6.94. The Morgan fingerprint density at radius 1 is 0.964 bits per heavy atom. The molecule has 7 heteroatoms. The van der Waals surface area contributed by atoms with Gasteiger partial charge >= 0.3 is 0 Å². The molecule has 1 heterocycles. The van der Waals surface area contributed by atoms with Crippen LogP contribution in [0, 0.1) is 12.8 Å². The second kappa shape index (κ2) is 9.41. The summed E-state index contributed by atoms with van der Waals surface area (Å²) in [5, 5.41) is 6.65. The minimum Gasteiger partial charge on any atom is -0.326 e. The Hall–Kier alpha value is -2.08. The molecule has 28 heavy (non-hydrogen) atoms. The zero-order chi connectivity index (χ0) is 20.1. The fourth-order valence-corrected chi connectivity index (χ4v) is 3.51. The van der Waals surface area contributed by atoms with Gasteiger partial charge in [0.15, 0.2) is 0 Å². The van der Waals surface area contributed by atoms with Crippen LogP contribution in [0.3, 0.4) is 0 Å². The molecule has 2 N–H and O–H groups in total. The number of amides is 2. The van der Waals surface area contributed by atoms with Gasteiger partial charge in [-0.2, -0.15) is 0 Å². The highest BCUT2D eigenvalue weighted by atomic mass is 35.5. The van der Waals surface area contributed by atoms with E-state index in [-0.39, 0.29) is 24.3 Å². The van der Waals surface area contributed by atoms with E-state index in [1.165, 1.54) is 0 Å². The maximum atomic E-state index is 12.4. The first-order chi connectivity index (χ1) is 13.4. The summed E-state index contributed by atoms with van der Waals surface area (Å²) in [5.74, 6) is -0.0969. The molecule has 1 fully saturated rings. The van der Waals surface area contributed by atoms with Crippen LogP contribution in [0.15, 0.2) is 42.5 Å². The number of likely N-dealkylation sites (tertiary alicyclic amines) is 1. The van der Waals surface area contributed by atoms with Gasteiger partial charge in [0.25, 0.3) is 0 Å². The van der Waals surface area contributed by atoms with Crippen LogP contribution in [0.4, 0.5) is 11.4 Å². The molecule has 0 saturated carbocycles. The summed E-state index contributed by atoms with van der Waals surface area (Å²) in [4.78, 5) is 26.8. The van der Waals surface area contributed by atoms with E-state index in [0.717, 1.165) is 24.1 Å². The highest BCUT2D eigenvalue weighted by Gasteiger charge is 2.26. The van der Waals surface area contributed by atoms with Gasteiger partial charge in [-0.1, -0.05) is 40.9 Å². The number of carbonyl (C=O) groups excluding carboxylic acids is 2. The molecule has 0 atom stereocenters. The Labute approximate surface area is 175 Å². The number of nitrogens with one attached hydrogen (secondary N) is 2. The Bertz CT molecular complexity index is 847. The molecular weight excluding hydrogens is 397 g/mol. The van der Waals surface area contributed by atoms with Crippen molar-refractivity contribution in [3.63, 3.8) is 0 Å². The summed E-state index contributed by atoms with van der Waals surface area (Å²) in [6.07, 6.45) is 1.47. The number of hydrogen-bond acceptors (Lipinski definition) is 3. The van der Waals surface area contributed by atoms with Gasteiger partial charge in [-0.3, -0.25) is 14.5 Å². The first-order valence-corrected chi connectivity index (χ1v) is 10.0. The molecule has 2 aromatic carbocycles. The Morgan fingerprint density at radius 3 is 2.25 bits per heavy atom. The Morgan fingerprint density at radius 2 is 1.61 bits per heavy atom. The van der Waals surface area contributed by atoms with Crippen molar-refractivity contribution in [1.82, 2.24) is 4.90 Å². The number of benzene rings is 2. The monoisotopic (exact) mass is 419 g/mol. The van der Waals surface area contributed by atoms with Gasteiger partial charge in [-0.25, -0.2) is 0 Å². The first-order valence-electron chi connectivity index (χ1n) is 9.25. The number of rotatable bonds is 5. The van der Waals surface area contributed by atoms with Crippen LogP contribution >= 0.6 is 23.2 Å². The third kappa shape index (κ3) is 5.71. The van der Waals surface area contributed by atoms with Gasteiger partial charge in [-0.15, -0.1) is 0 Å². The fourth-order valence-electron chi connectivity index (χ4n) is 3.21. The summed E-state index contributed by atoms with van der Waals surface area (Å²) in [6.45, 7) is 3.72. The molecule has 0 spiro atoms. The van der Waals surface area contributed by atoms with Crippen LogP contribution in [0.25, 0.3) is 0 Å². The fraction of sp³-hybridized carbons (Fsp3) is 0.333. The van der Waals surface area contributed by atoms with E-state index in [2.05, 4.69) is 15.5 Å². The predicted octanol–water partition coefficient (Wildman–Crippen LogP) is 4.59. The third-order valence-corrected chi connectivity index (χ3v) is 5.59. The molecule has 5 nitrogen and oxygen atoms in total. The number of piperidine rings is 1. The quantitative estimate of drug-likeness (QED) is 0.744. The zero-order valence-electron chi connectivity index (χ0n) is 15.7. The molecule has 2 aromatic rings. The van der Waals surface area contributed by atoms with Crippen molar-refractivity contribution in [2.45, 2.75) is 19.8 Å². The number of anilines is 2. The highest BCUT2D eigenvalue weighted by Crippen LogP contribution is 2.25. The number of halogens is 2. The molecule has 0 radical (unpaired) electrons. The van der Waals surface area contributed by atoms with Crippen molar-refractivity contribution in [2.24, 2.45) is 5.92 Å². The molecule has 0 aliphatic carbocycles. The van der Waals surface area contributed by atoms with Crippen molar-refractivity contribution < 1.29 is 9.59 Å². The lowest BCUT2D eigenvalue weighted by Crippen LogP contribution is -2.41. The van der Waals surface area contributed by atoms with E-state index in [4.69, 9.17) is 23.2 Å². The lowest BCUT2D eigenvalue weighted by atomic mass is 9.95. The summed E-state index contributed by atoms with van der Waals surface area (Å²) < 4.78 is 0. The van der Waals surface area contributed by atoms with Gasteiger partial charge in [-0.05, 0) is 63.2 Å². The molecule has 2 amide bonds. The van der Waals surface area contributed by atoms with Gasteiger partial charge in [0.2, 0.25) is 11.8 Å². The maximum absolute atomic E-state index is 12.4. The van der Waals surface area contributed by atoms with Crippen LogP contribution < -0.4 is 10.6 Å². The molecular formula is C21H23Cl2N3O2. The molecule has 1 aliphatic rings. The maximum Gasteiger partial charge on any atom is 0.238 e. The zero-order valence-corrected chi connectivity index (χ0v) is 17.2. The van der Waals surface area contributed by atoms with E-state index in [9.17, 15) is 9.59 Å². The number of hydrogen-bond donors (Lipinski definition) is 2. The van der Waals surface area contributed by atoms with Crippen molar-refractivity contribution in [3.8, 4) is 0 Å². The van der Waals surface area contributed by atoms with E-state index in [0.29, 0.717) is 28.8 Å². The second-order valence-corrected chi connectivity index (χ2v) is 7.90.